The smallest absolute Gasteiger partial charge is 0.257 e. The van der Waals surface area contributed by atoms with Gasteiger partial charge in [-0.15, -0.1) is 11.3 Å². The normalized spacial score (nSPS) is 10.3. The minimum absolute atomic E-state index is 0.130. The number of amides is 1. The largest absolute Gasteiger partial charge is 0.383 e. The molecule has 2 aromatic heterocycles. The summed E-state index contributed by atoms with van der Waals surface area (Å²) < 4.78 is 0.740. The molecule has 0 aliphatic carbocycles. The third-order valence-electron chi connectivity index (χ3n) is 2.44. The molecule has 0 atom stereocenters. The molecule has 0 aliphatic rings. The molecule has 4 nitrogen and oxygen atoms in total. The van der Waals surface area contributed by atoms with Gasteiger partial charge in [-0.1, -0.05) is 6.07 Å². The molecule has 0 spiro atoms. The first-order valence-electron chi connectivity index (χ1n) is 5.27. The van der Waals surface area contributed by atoms with Gasteiger partial charge in [0.15, 0.2) is 0 Å². The average Bonchev–Trinajstić information content (AvgIpc) is 2.84. The van der Waals surface area contributed by atoms with E-state index in [2.05, 4.69) is 20.9 Å². The van der Waals surface area contributed by atoms with Gasteiger partial charge in [0, 0.05) is 22.6 Å². The van der Waals surface area contributed by atoms with Crippen LogP contribution in [0.25, 0.3) is 0 Å². The van der Waals surface area contributed by atoms with E-state index in [1.54, 1.807) is 35.5 Å². The lowest BCUT2D eigenvalue weighted by Gasteiger charge is -2.17. The van der Waals surface area contributed by atoms with E-state index >= 15 is 0 Å². The van der Waals surface area contributed by atoms with Gasteiger partial charge in [0.2, 0.25) is 0 Å². The van der Waals surface area contributed by atoms with E-state index in [-0.39, 0.29) is 11.7 Å². The zero-order valence-corrected chi connectivity index (χ0v) is 12.2. The summed E-state index contributed by atoms with van der Waals surface area (Å²) in [6.45, 7) is 0.572. The van der Waals surface area contributed by atoms with Crippen molar-refractivity contribution in [2.75, 3.05) is 12.8 Å². The molecule has 0 radical (unpaired) electrons. The summed E-state index contributed by atoms with van der Waals surface area (Å²) >= 11 is 4.91. The zero-order valence-electron chi connectivity index (χ0n) is 9.76. The molecule has 6 heteroatoms. The third kappa shape index (κ3) is 2.88. The van der Waals surface area contributed by atoms with Crippen LogP contribution in [0.3, 0.4) is 0 Å². The van der Waals surface area contributed by atoms with Crippen LogP contribution < -0.4 is 5.73 Å². The monoisotopic (exact) mass is 325 g/mol. The standard InChI is InChI=1S/C12H12BrN3OS/c1-16(7-9-3-2-4-18-9)12(17)10-5-8(13)6-15-11(10)14/h2-6H,7H2,1H3,(H2,14,15). The minimum atomic E-state index is -0.130. The van der Waals surface area contributed by atoms with Gasteiger partial charge in [0.1, 0.15) is 5.82 Å². The van der Waals surface area contributed by atoms with Gasteiger partial charge in [-0.25, -0.2) is 4.98 Å². The number of carbonyl (C=O) groups is 1. The summed E-state index contributed by atoms with van der Waals surface area (Å²) in [4.78, 5) is 19.0. The first-order valence-corrected chi connectivity index (χ1v) is 6.94. The number of nitrogens with two attached hydrogens (primary N) is 1. The summed E-state index contributed by atoms with van der Waals surface area (Å²) in [6, 6.07) is 5.65. The van der Waals surface area contributed by atoms with Crippen LogP contribution in [0.4, 0.5) is 5.82 Å². The number of aromatic nitrogens is 1. The van der Waals surface area contributed by atoms with Crippen molar-refractivity contribution in [2.45, 2.75) is 6.54 Å². The SMILES string of the molecule is CN(Cc1cccs1)C(=O)c1cc(Br)cnc1N. The molecule has 0 fully saturated rings. The van der Waals surface area contributed by atoms with Gasteiger partial charge in [-0.05, 0) is 33.4 Å². The quantitative estimate of drug-likeness (QED) is 0.943. The third-order valence-corrected chi connectivity index (χ3v) is 3.73. The van der Waals surface area contributed by atoms with Gasteiger partial charge >= 0.3 is 0 Å². The van der Waals surface area contributed by atoms with Crippen molar-refractivity contribution in [1.29, 1.82) is 0 Å². The highest BCUT2D eigenvalue weighted by atomic mass is 79.9. The highest BCUT2D eigenvalue weighted by molar-refractivity contribution is 9.10. The van der Waals surface area contributed by atoms with Crippen molar-refractivity contribution in [1.82, 2.24) is 9.88 Å². The van der Waals surface area contributed by atoms with Crippen molar-refractivity contribution < 1.29 is 4.79 Å². The maximum atomic E-state index is 12.2. The highest BCUT2D eigenvalue weighted by Gasteiger charge is 2.16. The van der Waals surface area contributed by atoms with E-state index in [9.17, 15) is 4.79 Å². The number of nitrogens with zero attached hydrogens (tertiary/aromatic N) is 2. The predicted molar refractivity (Wildman–Crippen MR) is 76.5 cm³/mol. The summed E-state index contributed by atoms with van der Waals surface area (Å²) in [7, 11) is 1.75. The molecule has 0 unspecified atom stereocenters. The average molecular weight is 326 g/mol. The number of hydrogen-bond acceptors (Lipinski definition) is 4. The van der Waals surface area contributed by atoms with Gasteiger partial charge in [-0.3, -0.25) is 4.79 Å². The Kier molecular flexibility index (Phi) is 3.98. The Balaban J connectivity index is 2.17. The fraction of sp³-hybridized carbons (Fsp3) is 0.167. The van der Waals surface area contributed by atoms with Crippen molar-refractivity contribution >= 4 is 39.0 Å². The molecular weight excluding hydrogens is 314 g/mol. The lowest BCUT2D eigenvalue weighted by molar-refractivity contribution is 0.0787. The van der Waals surface area contributed by atoms with E-state index < -0.39 is 0 Å². The Labute approximate surface area is 118 Å². The number of pyridine rings is 1. The van der Waals surface area contributed by atoms with Crippen molar-refractivity contribution in [2.24, 2.45) is 0 Å². The van der Waals surface area contributed by atoms with Crippen molar-refractivity contribution in [3.05, 3.63) is 44.7 Å². The Morgan fingerprint density at radius 1 is 1.61 bits per heavy atom. The van der Waals surface area contributed by atoms with Crippen LogP contribution in [-0.4, -0.2) is 22.8 Å². The van der Waals surface area contributed by atoms with Crippen LogP contribution in [-0.2, 0) is 6.54 Å². The fourth-order valence-corrected chi connectivity index (χ4v) is 2.62. The number of nitrogen functional groups attached to an aromatic ring is 1. The lowest BCUT2D eigenvalue weighted by atomic mass is 10.2. The summed E-state index contributed by atoms with van der Waals surface area (Å²) in [5.74, 6) is 0.121. The molecule has 94 valence electrons. The topological polar surface area (TPSA) is 59.2 Å². The Morgan fingerprint density at radius 2 is 2.39 bits per heavy atom. The second-order valence-corrected chi connectivity index (χ2v) is 5.77. The number of halogens is 1. The lowest BCUT2D eigenvalue weighted by Crippen LogP contribution is -2.26. The first kappa shape index (κ1) is 13.0. The minimum Gasteiger partial charge on any atom is -0.383 e. The maximum absolute atomic E-state index is 12.2. The maximum Gasteiger partial charge on any atom is 0.257 e. The number of thiophene rings is 1. The second-order valence-electron chi connectivity index (χ2n) is 3.83. The van der Waals surface area contributed by atoms with Crippen LogP contribution in [0, 0.1) is 0 Å². The van der Waals surface area contributed by atoms with Crippen molar-refractivity contribution in [3.8, 4) is 0 Å². The Morgan fingerprint density at radius 3 is 3.06 bits per heavy atom. The molecule has 0 saturated carbocycles. The van der Waals surface area contributed by atoms with Gasteiger partial charge in [0.05, 0.1) is 12.1 Å². The van der Waals surface area contributed by atoms with Gasteiger partial charge in [-0.2, -0.15) is 0 Å². The highest BCUT2D eigenvalue weighted by Crippen LogP contribution is 2.19. The number of hydrogen-bond donors (Lipinski definition) is 1. The Hall–Kier alpha value is -1.40. The molecule has 1 amide bonds. The molecule has 0 aromatic carbocycles. The fourth-order valence-electron chi connectivity index (χ4n) is 1.53. The van der Waals surface area contributed by atoms with Gasteiger partial charge < -0.3 is 10.6 Å². The van der Waals surface area contributed by atoms with Crippen LogP contribution in [0.2, 0.25) is 0 Å². The van der Waals surface area contributed by atoms with E-state index in [0.717, 1.165) is 9.35 Å². The summed E-state index contributed by atoms with van der Waals surface area (Å²) in [5, 5.41) is 1.99. The van der Waals surface area contributed by atoms with E-state index in [4.69, 9.17) is 5.73 Å². The number of anilines is 1. The second kappa shape index (κ2) is 5.49. The number of rotatable bonds is 3. The number of carbonyl (C=O) groups excluding carboxylic acids is 1. The molecule has 2 heterocycles. The molecule has 0 aliphatic heterocycles. The predicted octanol–water partition coefficient (Wildman–Crippen LogP) is 2.76. The molecule has 2 N–H and O–H groups in total. The van der Waals surface area contributed by atoms with E-state index in [1.165, 1.54) is 0 Å². The summed E-state index contributed by atoms with van der Waals surface area (Å²) in [5.41, 5.74) is 6.14. The molecule has 2 rings (SSSR count). The van der Waals surface area contributed by atoms with Crippen molar-refractivity contribution in [3.63, 3.8) is 0 Å². The molecule has 0 bridgehead atoms. The molecule has 2 aromatic rings. The first-order chi connectivity index (χ1) is 8.58. The van der Waals surface area contributed by atoms with E-state index in [1.807, 2.05) is 17.5 Å². The van der Waals surface area contributed by atoms with Crippen LogP contribution in [0.15, 0.2) is 34.2 Å². The van der Waals surface area contributed by atoms with Crippen LogP contribution >= 0.6 is 27.3 Å². The Bertz CT molecular complexity index is 556. The van der Waals surface area contributed by atoms with Crippen LogP contribution in [0.5, 0.6) is 0 Å². The molecule has 18 heavy (non-hydrogen) atoms. The van der Waals surface area contributed by atoms with Crippen LogP contribution in [0.1, 0.15) is 15.2 Å². The molecule has 0 saturated heterocycles. The molecular formula is C12H12BrN3OS. The van der Waals surface area contributed by atoms with E-state index in [0.29, 0.717) is 12.1 Å². The summed E-state index contributed by atoms with van der Waals surface area (Å²) in [6.07, 6.45) is 1.57. The zero-order chi connectivity index (χ0) is 13.1. The van der Waals surface area contributed by atoms with Gasteiger partial charge in [0.25, 0.3) is 5.91 Å².